The number of alkyl halides is 3. The van der Waals surface area contributed by atoms with Gasteiger partial charge in [0.15, 0.2) is 0 Å². The molecule has 1 aliphatic rings. The van der Waals surface area contributed by atoms with Crippen LogP contribution in [0.2, 0.25) is 0 Å². The summed E-state index contributed by atoms with van der Waals surface area (Å²) in [6, 6.07) is 5.08. The van der Waals surface area contributed by atoms with Gasteiger partial charge < -0.3 is 4.74 Å². The lowest BCUT2D eigenvalue weighted by Gasteiger charge is -2.38. The van der Waals surface area contributed by atoms with Gasteiger partial charge in [-0.1, -0.05) is 6.07 Å². The number of methoxy groups -OCH3 is 1. The highest BCUT2D eigenvalue weighted by Gasteiger charge is 2.32. The van der Waals surface area contributed by atoms with Crippen LogP contribution in [-0.2, 0) is 17.6 Å². The van der Waals surface area contributed by atoms with E-state index in [1.807, 2.05) is 4.90 Å². The standard InChI is InChI=1S/C19H23F3N4O2/c1-13-14(2)23-18-25(16-7-4-6-15(10-16)19(20,21)22)11-24(8-5-9-28-3)12-26(18)17(13)27/h4,6-7,10H,5,8-9,11-12H2,1-3H3. The van der Waals surface area contributed by atoms with Crippen molar-refractivity contribution in [2.24, 2.45) is 0 Å². The summed E-state index contributed by atoms with van der Waals surface area (Å²) in [5, 5.41) is 0. The van der Waals surface area contributed by atoms with Crippen LogP contribution in [0, 0.1) is 13.8 Å². The van der Waals surface area contributed by atoms with E-state index in [4.69, 9.17) is 4.74 Å². The van der Waals surface area contributed by atoms with Crippen LogP contribution in [0.4, 0.5) is 24.8 Å². The molecule has 9 heteroatoms. The van der Waals surface area contributed by atoms with E-state index in [0.29, 0.717) is 49.4 Å². The van der Waals surface area contributed by atoms with Crippen LogP contribution in [0.25, 0.3) is 0 Å². The molecule has 0 atom stereocenters. The molecule has 2 heterocycles. The Morgan fingerprint density at radius 2 is 1.96 bits per heavy atom. The van der Waals surface area contributed by atoms with Gasteiger partial charge >= 0.3 is 6.18 Å². The zero-order valence-electron chi connectivity index (χ0n) is 16.1. The molecule has 1 aliphatic heterocycles. The maximum Gasteiger partial charge on any atom is 0.416 e. The summed E-state index contributed by atoms with van der Waals surface area (Å²) >= 11 is 0. The Morgan fingerprint density at radius 3 is 2.64 bits per heavy atom. The highest BCUT2D eigenvalue weighted by Crippen LogP contribution is 2.34. The summed E-state index contributed by atoms with van der Waals surface area (Å²) in [6.45, 7) is 5.31. The average molecular weight is 396 g/mol. The minimum atomic E-state index is -4.44. The highest BCUT2D eigenvalue weighted by molar-refractivity contribution is 5.59. The van der Waals surface area contributed by atoms with Crippen molar-refractivity contribution in [2.75, 3.05) is 31.8 Å². The number of nitrogens with zero attached hydrogens (tertiary/aromatic N) is 4. The molecule has 28 heavy (non-hydrogen) atoms. The first-order valence-corrected chi connectivity index (χ1v) is 8.96. The molecule has 0 radical (unpaired) electrons. The lowest BCUT2D eigenvalue weighted by atomic mass is 10.2. The normalized spacial score (nSPS) is 15.0. The van der Waals surface area contributed by atoms with Crippen LogP contribution in [0.15, 0.2) is 29.1 Å². The molecule has 0 amide bonds. The fourth-order valence-corrected chi connectivity index (χ4v) is 3.20. The molecule has 0 fully saturated rings. The Bertz CT molecular complexity index is 911. The maximum atomic E-state index is 13.2. The van der Waals surface area contributed by atoms with Crippen molar-refractivity contribution < 1.29 is 17.9 Å². The number of halogens is 3. The molecule has 0 unspecified atom stereocenters. The molecular formula is C19H23F3N4O2. The van der Waals surface area contributed by atoms with Gasteiger partial charge in [-0.15, -0.1) is 0 Å². The first-order valence-electron chi connectivity index (χ1n) is 8.96. The van der Waals surface area contributed by atoms with Crippen LogP contribution >= 0.6 is 0 Å². The Hall–Kier alpha value is -2.39. The van der Waals surface area contributed by atoms with Crippen molar-refractivity contribution >= 4 is 11.6 Å². The number of benzene rings is 1. The third-order valence-electron chi connectivity index (χ3n) is 4.85. The second-order valence-electron chi connectivity index (χ2n) is 6.86. The minimum absolute atomic E-state index is 0.184. The summed E-state index contributed by atoms with van der Waals surface area (Å²) in [5.41, 5.74) is 0.526. The number of ether oxygens (including phenoxy) is 1. The molecule has 0 bridgehead atoms. The third-order valence-corrected chi connectivity index (χ3v) is 4.85. The van der Waals surface area contributed by atoms with Gasteiger partial charge in [0, 0.05) is 37.2 Å². The average Bonchev–Trinajstić information content (AvgIpc) is 2.66. The molecule has 6 nitrogen and oxygen atoms in total. The third kappa shape index (κ3) is 4.05. The monoisotopic (exact) mass is 396 g/mol. The van der Waals surface area contributed by atoms with Crippen molar-refractivity contribution in [2.45, 2.75) is 33.1 Å². The Balaban J connectivity index is 2.06. The van der Waals surface area contributed by atoms with E-state index in [1.165, 1.54) is 10.6 Å². The summed E-state index contributed by atoms with van der Waals surface area (Å²) in [5.74, 6) is 0.357. The van der Waals surface area contributed by atoms with Crippen molar-refractivity contribution in [3.63, 3.8) is 0 Å². The zero-order valence-corrected chi connectivity index (χ0v) is 16.1. The van der Waals surface area contributed by atoms with Crippen LogP contribution in [0.3, 0.4) is 0 Å². The van der Waals surface area contributed by atoms with Gasteiger partial charge in [0.2, 0.25) is 5.95 Å². The van der Waals surface area contributed by atoms with E-state index in [-0.39, 0.29) is 5.56 Å². The van der Waals surface area contributed by atoms with E-state index < -0.39 is 11.7 Å². The van der Waals surface area contributed by atoms with E-state index in [1.54, 1.807) is 31.9 Å². The predicted molar refractivity (Wildman–Crippen MR) is 99.6 cm³/mol. The SMILES string of the molecule is COCCCN1CN(c2cccc(C(F)(F)F)c2)c2nc(C)c(C)c(=O)n2C1. The molecule has 0 spiro atoms. The molecule has 0 aliphatic carbocycles. The van der Waals surface area contributed by atoms with Crippen molar-refractivity contribution in [3.05, 3.63) is 51.4 Å². The van der Waals surface area contributed by atoms with Gasteiger partial charge in [0.25, 0.3) is 5.56 Å². The Kier molecular flexibility index (Phi) is 5.76. The minimum Gasteiger partial charge on any atom is -0.385 e. The zero-order chi connectivity index (χ0) is 20.5. The number of rotatable bonds is 5. The lowest BCUT2D eigenvalue weighted by Crippen LogP contribution is -2.48. The number of hydrogen-bond acceptors (Lipinski definition) is 5. The molecule has 0 saturated carbocycles. The van der Waals surface area contributed by atoms with Gasteiger partial charge in [-0.2, -0.15) is 13.2 Å². The number of aromatic nitrogens is 2. The molecule has 2 aromatic rings. The summed E-state index contributed by atoms with van der Waals surface area (Å²) in [4.78, 5) is 20.9. The summed E-state index contributed by atoms with van der Waals surface area (Å²) in [6.07, 6.45) is -3.70. The number of aryl methyl sites for hydroxylation is 1. The molecule has 1 aromatic carbocycles. The Morgan fingerprint density at radius 1 is 1.21 bits per heavy atom. The van der Waals surface area contributed by atoms with Gasteiger partial charge in [-0.25, -0.2) is 4.98 Å². The Labute approximate surface area is 161 Å². The molecule has 0 N–H and O–H groups in total. The fourth-order valence-electron chi connectivity index (χ4n) is 3.20. The fraction of sp³-hybridized carbons (Fsp3) is 0.474. The lowest BCUT2D eigenvalue weighted by molar-refractivity contribution is -0.137. The van der Waals surface area contributed by atoms with Gasteiger partial charge in [-0.05, 0) is 38.5 Å². The first-order chi connectivity index (χ1) is 13.2. The van der Waals surface area contributed by atoms with Crippen LogP contribution in [0.1, 0.15) is 23.2 Å². The first kappa shape index (κ1) is 20.3. The maximum absolute atomic E-state index is 13.2. The topological polar surface area (TPSA) is 50.6 Å². The smallest absolute Gasteiger partial charge is 0.385 e. The van der Waals surface area contributed by atoms with Gasteiger partial charge in [-0.3, -0.25) is 19.2 Å². The van der Waals surface area contributed by atoms with Crippen molar-refractivity contribution in [3.8, 4) is 0 Å². The summed E-state index contributed by atoms with van der Waals surface area (Å²) < 4.78 is 46.1. The molecule has 0 saturated heterocycles. The second kappa shape index (κ2) is 7.92. The molecular weight excluding hydrogens is 373 g/mol. The number of hydrogen-bond donors (Lipinski definition) is 0. The van der Waals surface area contributed by atoms with Gasteiger partial charge in [0.1, 0.15) is 0 Å². The molecule has 3 rings (SSSR count). The van der Waals surface area contributed by atoms with Crippen molar-refractivity contribution in [1.29, 1.82) is 0 Å². The van der Waals surface area contributed by atoms with Crippen LogP contribution in [-0.4, -0.2) is 41.4 Å². The molecule has 152 valence electrons. The van der Waals surface area contributed by atoms with Crippen molar-refractivity contribution in [1.82, 2.24) is 14.5 Å². The second-order valence-corrected chi connectivity index (χ2v) is 6.86. The van der Waals surface area contributed by atoms with E-state index in [0.717, 1.165) is 18.6 Å². The number of anilines is 2. The molecule has 1 aromatic heterocycles. The quantitative estimate of drug-likeness (QED) is 0.726. The van der Waals surface area contributed by atoms with E-state index in [9.17, 15) is 18.0 Å². The predicted octanol–water partition coefficient (Wildman–Crippen LogP) is 3.28. The van der Waals surface area contributed by atoms with E-state index in [2.05, 4.69) is 4.98 Å². The van der Waals surface area contributed by atoms with E-state index >= 15 is 0 Å². The van der Waals surface area contributed by atoms with Gasteiger partial charge in [0.05, 0.1) is 18.9 Å². The highest BCUT2D eigenvalue weighted by atomic mass is 19.4. The largest absolute Gasteiger partial charge is 0.416 e. The van der Waals surface area contributed by atoms with Crippen LogP contribution < -0.4 is 10.5 Å². The van der Waals surface area contributed by atoms with Crippen LogP contribution in [0.5, 0.6) is 0 Å². The number of fused-ring (bicyclic) bond motifs is 1. The summed E-state index contributed by atoms with van der Waals surface area (Å²) in [7, 11) is 1.61.